The molecule has 0 radical (unpaired) electrons. The maximum absolute atomic E-state index is 12.2. The number of aliphatic hydroxyl groups excluding tert-OH is 1. The second kappa shape index (κ2) is 6.48. The summed E-state index contributed by atoms with van der Waals surface area (Å²) in [4.78, 5) is 14.5. The zero-order valence-electron chi connectivity index (χ0n) is 14.2. The largest absolute Gasteiger partial charge is 0.484 e. The van der Waals surface area contributed by atoms with Gasteiger partial charge in [0.25, 0.3) is 5.91 Å². The van der Waals surface area contributed by atoms with Crippen LogP contribution in [-0.4, -0.2) is 46.7 Å². The van der Waals surface area contributed by atoms with E-state index < -0.39 is 0 Å². The Balaban J connectivity index is 1.28. The summed E-state index contributed by atoms with van der Waals surface area (Å²) in [5, 5.41) is 13.5. The number of hydrogen-bond donors (Lipinski definition) is 2. The van der Waals surface area contributed by atoms with E-state index in [1.807, 2.05) is 12.2 Å². The third-order valence-corrected chi connectivity index (χ3v) is 6.20. The van der Waals surface area contributed by atoms with Crippen molar-refractivity contribution in [2.75, 3.05) is 19.8 Å². The van der Waals surface area contributed by atoms with Crippen molar-refractivity contribution in [3.63, 3.8) is 0 Å². The number of rotatable bonds is 6. The molecular formula is C19H20Cl2N2O3. The lowest BCUT2D eigenvalue weighted by Crippen LogP contribution is -2.83. The molecule has 0 aromatic heterocycles. The van der Waals surface area contributed by atoms with Gasteiger partial charge in [0.15, 0.2) is 6.61 Å². The fraction of sp³-hybridized carbons (Fsp3) is 0.421. The van der Waals surface area contributed by atoms with E-state index in [4.69, 9.17) is 27.9 Å². The highest BCUT2D eigenvalue weighted by Crippen LogP contribution is 2.64. The highest BCUT2D eigenvalue weighted by Gasteiger charge is 2.71. The summed E-state index contributed by atoms with van der Waals surface area (Å²) in [7, 11) is 0. The van der Waals surface area contributed by atoms with Crippen molar-refractivity contribution in [1.29, 1.82) is 0 Å². The standard InChI is InChI=1S/C19H20Cl2N2O3/c20-15-5-4-14(7-16(15)21)26-9-17(25)22-18-10-19(11-18,12-18)23-6-2-1-3-13(23)8-24/h1-5,7,24H,6,8-12H2,(H,22,25). The van der Waals surface area contributed by atoms with E-state index in [9.17, 15) is 9.90 Å². The topological polar surface area (TPSA) is 61.8 Å². The SMILES string of the molecule is O=C(COc1ccc(Cl)c(Cl)c1)NC12CC(N3CC=CC=C3CO)(C1)C2. The molecular weight excluding hydrogens is 375 g/mol. The van der Waals surface area contributed by atoms with Crippen LogP contribution >= 0.6 is 23.2 Å². The molecule has 5 rings (SSSR count). The zero-order chi connectivity index (χ0) is 18.4. The van der Waals surface area contributed by atoms with Crippen LogP contribution in [0.25, 0.3) is 0 Å². The minimum absolute atomic E-state index is 0.0446. The Morgan fingerprint density at radius 2 is 2.04 bits per heavy atom. The van der Waals surface area contributed by atoms with Crippen LogP contribution in [0.2, 0.25) is 10.0 Å². The van der Waals surface area contributed by atoms with E-state index in [0.29, 0.717) is 15.8 Å². The number of amides is 1. The Hall–Kier alpha value is -1.69. The average Bonchev–Trinajstić information content (AvgIpc) is 2.58. The maximum Gasteiger partial charge on any atom is 0.258 e. The molecule has 2 N–H and O–H groups in total. The first-order valence-electron chi connectivity index (χ1n) is 8.58. The van der Waals surface area contributed by atoms with Crippen LogP contribution in [0, 0.1) is 0 Å². The van der Waals surface area contributed by atoms with Gasteiger partial charge in [-0.1, -0.05) is 35.4 Å². The number of carbonyl (C=O) groups excluding carboxylic acids is 1. The normalized spacial score (nSPS) is 28.7. The summed E-state index contributed by atoms with van der Waals surface area (Å²) in [5.41, 5.74) is 0.909. The van der Waals surface area contributed by atoms with Gasteiger partial charge in [-0.05, 0) is 37.5 Å². The minimum Gasteiger partial charge on any atom is -0.484 e. The number of halogens is 2. The molecule has 4 aliphatic rings. The molecule has 2 bridgehead atoms. The molecule has 1 aliphatic heterocycles. The summed E-state index contributed by atoms with van der Waals surface area (Å²) in [6.45, 7) is 0.806. The van der Waals surface area contributed by atoms with Gasteiger partial charge in [0.2, 0.25) is 0 Å². The number of hydrogen-bond acceptors (Lipinski definition) is 4. The van der Waals surface area contributed by atoms with Crippen molar-refractivity contribution in [1.82, 2.24) is 10.2 Å². The van der Waals surface area contributed by atoms with E-state index in [1.165, 1.54) is 0 Å². The lowest BCUT2D eigenvalue weighted by molar-refractivity contribution is -0.174. The fourth-order valence-corrected chi connectivity index (χ4v) is 4.68. The van der Waals surface area contributed by atoms with Crippen molar-refractivity contribution >= 4 is 29.1 Å². The smallest absolute Gasteiger partial charge is 0.258 e. The molecule has 3 fully saturated rings. The lowest BCUT2D eigenvalue weighted by atomic mass is 9.43. The van der Waals surface area contributed by atoms with Gasteiger partial charge in [-0.2, -0.15) is 0 Å². The molecule has 3 saturated carbocycles. The zero-order valence-corrected chi connectivity index (χ0v) is 15.7. The average molecular weight is 395 g/mol. The summed E-state index contributed by atoms with van der Waals surface area (Å²) < 4.78 is 5.49. The van der Waals surface area contributed by atoms with Gasteiger partial charge in [0, 0.05) is 29.4 Å². The lowest BCUT2D eigenvalue weighted by Gasteiger charge is -2.74. The quantitative estimate of drug-likeness (QED) is 0.778. The highest BCUT2D eigenvalue weighted by molar-refractivity contribution is 6.42. The summed E-state index contributed by atoms with van der Waals surface area (Å²) in [6.07, 6.45) is 8.75. The van der Waals surface area contributed by atoms with Gasteiger partial charge in [0.05, 0.1) is 16.7 Å². The van der Waals surface area contributed by atoms with Gasteiger partial charge in [-0.3, -0.25) is 4.79 Å². The van der Waals surface area contributed by atoms with Crippen LogP contribution in [0.4, 0.5) is 0 Å². The number of carbonyl (C=O) groups is 1. The van der Waals surface area contributed by atoms with E-state index in [1.54, 1.807) is 18.2 Å². The first-order valence-corrected chi connectivity index (χ1v) is 9.34. The molecule has 5 nitrogen and oxygen atoms in total. The number of allylic oxidation sites excluding steroid dienone is 2. The molecule has 26 heavy (non-hydrogen) atoms. The van der Waals surface area contributed by atoms with Crippen LogP contribution in [-0.2, 0) is 4.79 Å². The van der Waals surface area contributed by atoms with E-state index in [0.717, 1.165) is 31.5 Å². The van der Waals surface area contributed by atoms with E-state index in [2.05, 4.69) is 16.3 Å². The minimum atomic E-state index is -0.138. The molecule has 1 heterocycles. The van der Waals surface area contributed by atoms with Crippen LogP contribution in [0.5, 0.6) is 5.75 Å². The van der Waals surface area contributed by atoms with Gasteiger partial charge < -0.3 is 20.1 Å². The fourth-order valence-electron chi connectivity index (χ4n) is 4.39. The van der Waals surface area contributed by atoms with Gasteiger partial charge in [0.1, 0.15) is 5.75 Å². The van der Waals surface area contributed by atoms with E-state index in [-0.39, 0.29) is 30.2 Å². The van der Waals surface area contributed by atoms with Crippen LogP contribution < -0.4 is 10.1 Å². The third-order valence-electron chi connectivity index (χ3n) is 5.46. The second-order valence-corrected chi connectivity index (χ2v) is 8.12. The van der Waals surface area contributed by atoms with Crippen molar-refractivity contribution in [3.8, 4) is 5.75 Å². The Kier molecular flexibility index (Phi) is 4.41. The Bertz CT molecular complexity index is 786. The van der Waals surface area contributed by atoms with Crippen molar-refractivity contribution in [2.45, 2.75) is 30.3 Å². The predicted octanol–water partition coefficient (Wildman–Crippen LogP) is 2.91. The highest BCUT2D eigenvalue weighted by atomic mass is 35.5. The molecule has 0 atom stereocenters. The summed E-state index contributed by atoms with van der Waals surface area (Å²) in [5.74, 6) is 0.377. The van der Waals surface area contributed by atoms with Gasteiger partial charge in [-0.15, -0.1) is 0 Å². The van der Waals surface area contributed by atoms with Crippen LogP contribution in [0.1, 0.15) is 19.3 Å². The molecule has 7 heteroatoms. The number of nitrogens with zero attached hydrogens (tertiary/aromatic N) is 1. The Labute approximate surface area is 162 Å². The predicted molar refractivity (Wildman–Crippen MR) is 100 cm³/mol. The summed E-state index contributed by atoms with van der Waals surface area (Å²) >= 11 is 11.8. The molecule has 1 aromatic rings. The third kappa shape index (κ3) is 2.98. The monoisotopic (exact) mass is 394 g/mol. The molecule has 0 spiro atoms. The van der Waals surface area contributed by atoms with Gasteiger partial charge >= 0.3 is 0 Å². The Morgan fingerprint density at radius 3 is 2.73 bits per heavy atom. The van der Waals surface area contributed by atoms with E-state index >= 15 is 0 Å². The Morgan fingerprint density at radius 1 is 1.27 bits per heavy atom. The second-order valence-electron chi connectivity index (χ2n) is 7.30. The first-order chi connectivity index (χ1) is 12.5. The summed E-state index contributed by atoms with van der Waals surface area (Å²) in [6, 6.07) is 4.92. The molecule has 1 aromatic carbocycles. The molecule has 0 saturated heterocycles. The first kappa shape index (κ1) is 17.7. The molecule has 0 unspecified atom stereocenters. The van der Waals surface area contributed by atoms with Crippen molar-refractivity contribution in [3.05, 3.63) is 52.2 Å². The van der Waals surface area contributed by atoms with Crippen LogP contribution in [0.15, 0.2) is 42.1 Å². The van der Waals surface area contributed by atoms with Gasteiger partial charge in [-0.25, -0.2) is 0 Å². The number of benzene rings is 1. The molecule has 1 amide bonds. The van der Waals surface area contributed by atoms with Crippen molar-refractivity contribution in [2.24, 2.45) is 0 Å². The number of aliphatic hydroxyl groups is 1. The molecule has 3 aliphatic carbocycles. The van der Waals surface area contributed by atoms with Crippen LogP contribution in [0.3, 0.4) is 0 Å². The maximum atomic E-state index is 12.2. The number of ether oxygens (including phenoxy) is 1. The number of nitrogens with one attached hydrogen (secondary N) is 1. The molecule has 138 valence electrons. The van der Waals surface area contributed by atoms with Crippen molar-refractivity contribution < 1.29 is 14.6 Å².